The van der Waals surface area contributed by atoms with Crippen molar-refractivity contribution >= 4 is 43.9 Å². The van der Waals surface area contributed by atoms with Crippen LogP contribution >= 0.6 is 0 Å². The van der Waals surface area contributed by atoms with E-state index in [1.165, 1.54) is 70.7 Å². The second kappa shape index (κ2) is 10.6. The van der Waals surface area contributed by atoms with Gasteiger partial charge in [0.15, 0.2) is 0 Å². The largest absolute Gasteiger partial charge is 0.456 e. The molecule has 2 aromatic heterocycles. The Hall–Kier alpha value is -5.86. The van der Waals surface area contributed by atoms with Gasteiger partial charge in [-0.15, -0.1) is 0 Å². The summed E-state index contributed by atoms with van der Waals surface area (Å²) in [5, 5.41) is 4.75. The SMILES string of the molecule is c1ccc(-c2cc(-c3ccc4c(c3)oc3c5c(ccc34)-c3ccccc3C53C4CC5CC(C4)CC3C5)cc(-c3cccc4c3oc3ccccc34)c2)cc1. The minimum Gasteiger partial charge on any atom is -0.456 e. The zero-order chi connectivity index (χ0) is 35.1. The van der Waals surface area contributed by atoms with Crippen LogP contribution in [0.4, 0.5) is 0 Å². The van der Waals surface area contributed by atoms with Crippen LogP contribution < -0.4 is 0 Å². The smallest absolute Gasteiger partial charge is 0.143 e. The van der Waals surface area contributed by atoms with E-state index in [2.05, 4.69) is 140 Å². The Morgan fingerprint density at radius 2 is 1.02 bits per heavy atom. The zero-order valence-corrected chi connectivity index (χ0v) is 30.0. The molecule has 258 valence electrons. The highest BCUT2D eigenvalue weighted by Gasteiger charge is 2.62. The normalized spacial score (nSPS) is 23.6. The lowest BCUT2D eigenvalue weighted by atomic mass is 9.43. The van der Waals surface area contributed by atoms with E-state index in [4.69, 9.17) is 8.83 Å². The van der Waals surface area contributed by atoms with Gasteiger partial charge >= 0.3 is 0 Å². The van der Waals surface area contributed by atoms with Crippen molar-refractivity contribution in [3.8, 4) is 44.5 Å². The van der Waals surface area contributed by atoms with Crippen LogP contribution in [0, 0.1) is 23.7 Å². The van der Waals surface area contributed by atoms with Gasteiger partial charge < -0.3 is 8.83 Å². The predicted octanol–water partition coefficient (Wildman–Crippen LogP) is 14.2. The summed E-state index contributed by atoms with van der Waals surface area (Å²) in [6.45, 7) is 0. The molecule has 4 bridgehead atoms. The molecule has 0 saturated heterocycles. The molecule has 5 aliphatic rings. The van der Waals surface area contributed by atoms with Gasteiger partial charge in [-0.3, -0.25) is 0 Å². The molecule has 0 amide bonds. The van der Waals surface area contributed by atoms with Gasteiger partial charge in [0.05, 0.1) is 0 Å². The fraction of sp³-hybridized carbons (Fsp3) is 0.192. The molecule has 4 fully saturated rings. The molecule has 0 radical (unpaired) electrons. The monoisotopic (exact) mass is 694 g/mol. The number of benzene rings is 7. The zero-order valence-electron chi connectivity index (χ0n) is 30.0. The molecule has 0 aliphatic heterocycles. The number of furan rings is 2. The third-order valence-corrected chi connectivity index (χ3v) is 14.2. The van der Waals surface area contributed by atoms with E-state index in [0.717, 1.165) is 67.2 Å². The van der Waals surface area contributed by atoms with Crippen molar-refractivity contribution in [2.24, 2.45) is 23.7 Å². The van der Waals surface area contributed by atoms with Gasteiger partial charge in [-0.05, 0) is 143 Å². The first-order chi connectivity index (χ1) is 26.7. The van der Waals surface area contributed by atoms with Gasteiger partial charge in [0, 0.05) is 38.1 Å². The molecule has 7 aromatic carbocycles. The Morgan fingerprint density at radius 1 is 0.389 bits per heavy atom. The summed E-state index contributed by atoms with van der Waals surface area (Å²) in [7, 11) is 0. The summed E-state index contributed by atoms with van der Waals surface area (Å²) >= 11 is 0. The van der Waals surface area contributed by atoms with Crippen molar-refractivity contribution in [3.63, 3.8) is 0 Å². The molecule has 2 heterocycles. The molecule has 4 saturated carbocycles. The predicted molar refractivity (Wildman–Crippen MR) is 221 cm³/mol. The summed E-state index contributed by atoms with van der Waals surface area (Å²) in [6.07, 6.45) is 6.91. The summed E-state index contributed by atoms with van der Waals surface area (Å²) in [4.78, 5) is 0. The second-order valence-electron chi connectivity index (χ2n) is 16.8. The molecule has 2 heteroatoms. The van der Waals surface area contributed by atoms with Crippen molar-refractivity contribution in [3.05, 3.63) is 157 Å². The van der Waals surface area contributed by atoms with Crippen LogP contribution in [-0.4, -0.2) is 0 Å². The topological polar surface area (TPSA) is 26.3 Å². The Morgan fingerprint density at radius 3 is 1.87 bits per heavy atom. The first kappa shape index (κ1) is 29.6. The second-order valence-corrected chi connectivity index (χ2v) is 16.8. The molecule has 2 nitrogen and oxygen atoms in total. The Bertz CT molecular complexity index is 2980. The minimum atomic E-state index is 0.0617. The molecule has 0 N–H and O–H groups in total. The minimum absolute atomic E-state index is 0.0617. The molecule has 54 heavy (non-hydrogen) atoms. The van der Waals surface area contributed by atoms with Crippen LogP contribution in [0.25, 0.3) is 88.4 Å². The van der Waals surface area contributed by atoms with Crippen LogP contribution in [0.5, 0.6) is 0 Å². The standard InChI is InChI=1S/C52H38O2/c1-2-9-32(10-3-1)34-26-35(28-36(27-34)39-13-8-14-44-41-12-5-7-16-47(41)53-50(39)44)33-17-18-42-45-20-19-43-40-11-4-6-15-46(40)52(49(43)51(45)54-48(42)29-33)37-22-30-21-31(24-37)25-38(52)23-30/h1-20,26-31,37-38H,21-25H2. The van der Waals surface area contributed by atoms with Crippen LogP contribution in [0.15, 0.2) is 154 Å². The highest BCUT2D eigenvalue weighted by Crippen LogP contribution is 2.70. The van der Waals surface area contributed by atoms with E-state index in [-0.39, 0.29) is 5.41 Å². The molecule has 14 rings (SSSR count). The van der Waals surface area contributed by atoms with Crippen molar-refractivity contribution in [1.82, 2.24) is 0 Å². The van der Waals surface area contributed by atoms with Crippen molar-refractivity contribution in [1.29, 1.82) is 0 Å². The molecule has 0 atom stereocenters. The van der Waals surface area contributed by atoms with E-state index in [1.807, 2.05) is 6.07 Å². The highest BCUT2D eigenvalue weighted by atomic mass is 16.3. The van der Waals surface area contributed by atoms with Crippen molar-refractivity contribution in [2.45, 2.75) is 37.5 Å². The van der Waals surface area contributed by atoms with Gasteiger partial charge in [-0.25, -0.2) is 0 Å². The molecular weight excluding hydrogens is 657 g/mol. The van der Waals surface area contributed by atoms with Crippen LogP contribution in [-0.2, 0) is 5.41 Å². The Labute approximate surface area is 314 Å². The maximum Gasteiger partial charge on any atom is 0.143 e. The molecule has 9 aromatic rings. The Balaban J connectivity index is 1.01. The fourth-order valence-electron chi connectivity index (χ4n) is 12.4. The number of rotatable bonds is 3. The van der Waals surface area contributed by atoms with Crippen LogP contribution in [0.1, 0.15) is 43.2 Å². The first-order valence-electron chi connectivity index (χ1n) is 19.9. The van der Waals surface area contributed by atoms with Gasteiger partial charge in [0.2, 0.25) is 0 Å². The lowest BCUT2D eigenvalue weighted by Crippen LogP contribution is -2.55. The lowest BCUT2D eigenvalue weighted by molar-refractivity contribution is -0.0396. The lowest BCUT2D eigenvalue weighted by Gasteiger charge is -2.61. The average Bonchev–Trinajstić information content (AvgIpc) is 3.88. The van der Waals surface area contributed by atoms with Gasteiger partial charge in [0.1, 0.15) is 22.3 Å². The maximum absolute atomic E-state index is 7.23. The van der Waals surface area contributed by atoms with E-state index in [1.54, 1.807) is 5.56 Å². The number of para-hydroxylation sites is 2. The van der Waals surface area contributed by atoms with Gasteiger partial charge in [-0.2, -0.15) is 0 Å². The molecule has 1 spiro atoms. The quantitative estimate of drug-likeness (QED) is 0.184. The van der Waals surface area contributed by atoms with Gasteiger partial charge in [-0.1, -0.05) is 103 Å². The van der Waals surface area contributed by atoms with Crippen molar-refractivity contribution in [2.75, 3.05) is 0 Å². The molecular formula is C52H38O2. The number of hydrogen-bond acceptors (Lipinski definition) is 2. The number of fused-ring (bicyclic) bond motifs is 10. The van der Waals surface area contributed by atoms with Gasteiger partial charge in [0.25, 0.3) is 0 Å². The van der Waals surface area contributed by atoms with Crippen LogP contribution in [0.3, 0.4) is 0 Å². The summed E-state index contributed by atoms with van der Waals surface area (Å²) < 4.78 is 13.8. The third-order valence-electron chi connectivity index (χ3n) is 14.2. The van der Waals surface area contributed by atoms with E-state index in [0.29, 0.717) is 11.8 Å². The molecule has 0 unspecified atom stereocenters. The van der Waals surface area contributed by atoms with E-state index >= 15 is 0 Å². The first-order valence-corrected chi connectivity index (χ1v) is 19.9. The Kier molecular flexibility index (Phi) is 5.83. The van der Waals surface area contributed by atoms with Crippen molar-refractivity contribution < 1.29 is 8.83 Å². The summed E-state index contributed by atoms with van der Waals surface area (Å²) in [6, 6.07) is 53.6. The third kappa shape index (κ3) is 3.86. The van der Waals surface area contributed by atoms with E-state index < -0.39 is 0 Å². The number of hydrogen-bond donors (Lipinski definition) is 0. The average molecular weight is 695 g/mol. The van der Waals surface area contributed by atoms with E-state index in [9.17, 15) is 0 Å². The summed E-state index contributed by atoms with van der Waals surface area (Å²) in [5.41, 5.74) is 16.9. The summed E-state index contributed by atoms with van der Waals surface area (Å²) in [5.74, 6) is 3.20. The molecule has 5 aliphatic carbocycles. The van der Waals surface area contributed by atoms with Crippen LogP contribution in [0.2, 0.25) is 0 Å². The maximum atomic E-state index is 7.23. The highest BCUT2D eigenvalue weighted by molar-refractivity contribution is 6.11. The fourth-order valence-corrected chi connectivity index (χ4v) is 12.4.